The lowest BCUT2D eigenvalue weighted by Gasteiger charge is -2.43. The number of ether oxygens (including phenoxy) is 2. The number of benzene rings is 1. The maximum atomic E-state index is 15.0. The minimum Gasteiger partial charge on any atom is -0.459 e. The standard InChI is InChI=1S/C17H21FN2O3/c1-10-6-14-12(17(21)23-10)2-3-13(16(14)18)15-8-20-5-4-19-7-11(20)9-22-15/h2-3,10-11,15,19H,4-9H2,1H3/t10-,11-,15+/m1/s1. The Hall–Kier alpha value is -1.50. The average Bonchev–Trinajstić information content (AvgIpc) is 2.55. The summed E-state index contributed by atoms with van der Waals surface area (Å²) in [6.07, 6.45) is -0.142. The van der Waals surface area contributed by atoms with Gasteiger partial charge in [0.25, 0.3) is 0 Å². The molecule has 3 heterocycles. The average molecular weight is 320 g/mol. The van der Waals surface area contributed by atoms with E-state index in [2.05, 4.69) is 10.2 Å². The third-order valence-electron chi connectivity index (χ3n) is 5.00. The molecule has 1 aromatic carbocycles. The van der Waals surface area contributed by atoms with Crippen LogP contribution in [0.3, 0.4) is 0 Å². The summed E-state index contributed by atoms with van der Waals surface area (Å²) in [6, 6.07) is 3.73. The van der Waals surface area contributed by atoms with Gasteiger partial charge in [0, 0.05) is 49.8 Å². The molecule has 5 nitrogen and oxygen atoms in total. The van der Waals surface area contributed by atoms with E-state index in [1.54, 1.807) is 19.1 Å². The van der Waals surface area contributed by atoms with Gasteiger partial charge in [0.1, 0.15) is 11.9 Å². The highest BCUT2D eigenvalue weighted by molar-refractivity contribution is 5.92. The molecule has 1 N–H and O–H groups in total. The number of hydrogen-bond acceptors (Lipinski definition) is 5. The maximum absolute atomic E-state index is 15.0. The van der Waals surface area contributed by atoms with Gasteiger partial charge in [0.2, 0.25) is 0 Å². The number of morpholine rings is 1. The monoisotopic (exact) mass is 320 g/mol. The number of hydrogen-bond donors (Lipinski definition) is 1. The van der Waals surface area contributed by atoms with E-state index < -0.39 is 5.97 Å². The van der Waals surface area contributed by atoms with E-state index in [0.717, 1.165) is 19.6 Å². The van der Waals surface area contributed by atoms with Crippen LogP contribution in [0.1, 0.15) is 34.5 Å². The minimum atomic E-state index is -0.434. The van der Waals surface area contributed by atoms with Crippen molar-refractivity contribution in [3.63, 3.8) is 0 Å². The van der Waals surface area contributed by atoms with Crippen molar-refractivity contribution < 1.29 is 18.7 Å². The zero-order valence-electron chi connectivity index (χ0n) is 13.2. The van der Waals surface area contributed by atoms with Crippen LogP contribution in [0.2, 0.25) is 0 Å². The van der Waals surface area contributed by atoms with Gasteiger partial charge in [-0.25, -0.2) is 9.18 Å². The number of esters is 1. The second-order valence-electron chi connectivity index (χ2n) is 6.59. The second kappa shape index (κ2) is 5.85. The number of carbonyl (C=O) groups excluding carboxylic acids is 1. The Morgan fingerprint density at radius 2 is 2.26 bits per heavy atom. The lowest BCUT2D eigenvalue weighted by Crippen LogP contribution is -2.57. The molecule has 0 saturated carbocycles. The van der Waals surface area contributed by atoms with Crippen LogP contribution in [-0.2, 0) is 15.9 Å². The molecule has 23 heavy (non-hydrogen) atoms. The summed E-state index contributed by atoms with van der Waals surface area (Å²) < 4.78 is 26.1. The van der Waals surface area contributed by atoms with Crippen LogP contribution >= 0.6 is 0 Å². The third-order valence-corrected chi connectivity index (χ3v) is 5.00. The molecule has 0 aromatic heterocycles. The summed E-state index contributed by atoms with van der Waals surface area (Å²) in [5, 5.41) is 3.35. The zero-order chi connectivity index (χ0) is 16.0. The van der Waals surface area contributed by atoms with E-state index in [-0.39, 0.29) is 18.0 Å². The van der Waals surface area contributed by atoms with Gasteiger partial charge in [-0.1, -0.05) is 6.07 Å². The lowest BCUT2D eigenvalue weighted by molar-refractivity contribution is -0.0730. The third kappa shape index (κ3) is 2.65. The van der Waals surface area contributed by atoms with Gasteiger partial charge >= 0.3 is 5.97 Å². The van der Waals surface area contributed by atoms with Crippen molar-refractivity contribution in [3.05, 3.63) is 34.6 Å². The van der Waals surface area contributed by atoms with Gasteiger partial charge in [-0.05, 0) is 13.0 Å². The summed E-state index contributed by atoms with van der Waals surface area (Å²) >= 11 is 0. The molecular weight excluding hydrogens is 299 g/mol. The van der Waals surface area contributed by atoms with Crippen LogP contribution in [0.5, 0.6) is 0 Å². The molecular formula is C17H21FN2O3. The van der Waals surface area contributed by atoms with Gasteiger partial charge in [0.15, 0.2) is 0 Å². The van der Waals surface area contributed by atoms with Crippen molar-refractivity contribution in [2.45, 2.75) is 31.6 Å². The number of nitrogens with zero attached hydrogens (tertiary/aromatic N) is 1. The smallest absolute Gasteiger partial charge is 0.338 e. The second-order valence-corrected chi connectivity index (χ2v) is 6.59. The van der Waals surface area contributed by atoms with Gasteiger partial charge in [-0.15, -0.1) is 0 Å². The minimum absolute atomic E-state index is 0.275. The Kier molecular flexibility index (Phi) is 3.83. The number of piperazine rings is 1. The van der Waals surface area contributed by atoms with Gasteiger partial charge < -0.3 is 14.8 Å². The summed E-state index contributed by atoms with van der Waals surface area (Å²) in [5.74, 6) is -0.736. The number of carbonyl (C=O) groups is 1. The van der Waals surface area contributed by atoms with E-state index >= 15 is 0 Å². The lowest BCUT2D eigenvalue weighted by atomic mass is 9.93. The largest absolute Gasteiger partial charge is 0.459 e. The molecule has 1 aromatic rings. The number of cyclic esters (lactones) is 1. The molecule has 2 fully saturated rings. The fourth-order valence-electron chi connectivity index (χ4n) is 3.74. The van der Waals surface area contributed by atoms with Crippen molar-refractivity contribution in [2.24, 2.45) is 0 Å². The Labute approximate surface area is 134 Å². The fourth-order valence-corrected chi connectivity index (χ4v) is 3.74. The van der Waals surface area contributed by atoms with Crippen molar-refractivity contribution in [3.8, 4) is 0 Å². The fraction of sp³-hybridized carbons (Fsp3) is 0.588. The number of rotatable bonds is 1. The van der Waals surface area contributed by atoms with Gasteiger partial charge in [0.05, 0.1) is 18.3 Å². The van der Waals surface area contributed by atoms with E-state index in [0.29, 0.717) is 42.3 Å². The topological polar surface area (TPSA) is 50.8 Å². The number of fused-ring (bicyclic) bond motifs is 2. The molecule has 4 rings (SSSR count). The first kappa shape index (κ1) is 15.1. The Bertz CT molecular complexity index is 637. The van der Waals surface area contributed by atoms with E-state index in [9.17, 15) is 9.18 Å². The molecule has 0 bridgehead atoms. The maximum Gasteiger partial charge on any atom is 0.338 e. The predicted molar refractivity (Wildman–Crippen MR) is 81.9 cm³/mol. The first-order valence-electron chi connectivity index (χ1n) is 8.22. The molecule has 124 valence electrons. The number of halogens is 1. The molecule has 0 radical (unpaired) electrons. The molecule has 3 atom stereocenters. The quantitative estimate of drug-likeness (QED) is 0.790. The van der Waals surface area contributed by atoms with Crippen molar-refractivity contribution >= 4 is 5.97 Å². The molecule has 0 amide bonds. The summed E-state index contributed by atoms with van der Waals surface area (Å²) in [7, 11) is 0. The van der Waals surface area contributed by atoms with Gasteiger partial charge in [-0.2, -0.15) is 0 Å². The van der Waals surface area contributed by atoms with Gasteiger partial charge in [-0.3, -0.25) is 4.90 Å². The van der Waals surface area contributed by atoms with Crippen LogP contribution in [0, 0.1) is 5.82 Å². The van der Waals surface area contributed by atoms with Crippen molar-refractivity contribution in [2.75, 3.05) is 32.8 Å². The SMILES string of the molecule is C[C@@H]1Cc2c(ccc([C@@H]3CN4CCNC[C@@H]4CO3)c2F)C(=O)O1. The molecule has 0 aliphatic carbocycles. The van der Waals surface area contributed by atoms with E-state index in [1.807, 2.05) is 0 Å². The van der Waals surface area contributed by atoms with E-state index in [1.165, 1.54) is 0 Å². The highest BCUT2D eigenvalue weighted by Crippen LogP contribution is 2.32. The number of nitrogens with one attached hydrogen (secondary N) is 1. The molecule has 0 unspecified atom stereocenters. The van der Waals surface area contributed by atoms with Crippen molar-refractivity contribution in [1.82, 2.24) is 10.2 Å². The molecule has 3 aliphatic heterocycles. The van der Waals surface area contributed by atoms with E-state index in [4.69, 9.17) is 9.47 Å². The van der Waals surface area contributed by atoms with Crippen LogP contribution in [-0.4, -0.2) is 55.8 Å². The highest BCUT2D eigenvalue weighted by Gasteiger charge is 2.34. The van der Waals surface area contributed by atoms with Crippen molar-refractivity contribution in [1.29, 1.82) is 0 Å². The summed E-state index contributed by atoms with van der Waals surface area (Å²) in [5.41, 5.74) is 1.38. The Morgan fingerprint density at radius 3 is 3.13 bits per heavy atom. The Morgan fingerprint density at radius 1 is 1.39 bits per heavy atom. The van der Waals surface area contributed by atoms with Crippen LogP contribution in [0.4, 0.5) is 4.39 Å². The zero-order valence-corrected chi connectivity index (χ0v) is 13.2. The predicted octanol–water partition coefficient (Wildman–Crippen LogP) is 1.27. The van der Waals surface area contributed by atoms with Crippen LogP contribution in [0.25, 0.3) is 0 Å². The summed E-state index contributed by atoms with van der Waals surface area (Å²) in [6.45, 7) is 5.92. The highest BCUT2D eigenvalue weighted by atomic mass is 19.1. The summed E-state index contributed by atoms with van der Waals surface area (Å²) in [4.78, 5) is 14.2. The molecule has 0 spiro atoms. The normalized spacial score (nSPS) is 31.2. The van der Waals surface area contributed by atoms with Crippen LogP contribution < -0.4 is 5.32 Å². The molecule has 3 aliphatic rings. The first-order chi connectivity index (χ1) is 11.1. The molecule has 2 saturated heterocycles. The van der Waals surface area contributed by atoms with Crippen LogP contribution in [0.15, 0.2) is 12.1 Å². The first-order valence-corrected chi connectivity index (χ1v) is 8.22. The Balaban J connectivity index is 1.62. The molecule has 6 heteroatoms.